The van der Waals surface area contributed by atoms with Gasteiger partial charge in [0.1, 0.15) is 0 Å². The molecule has 0 saturated carbocycles. The minimum atomic E-state index is -4.94. The summed E-state index contributed by atoms with van der Waals surface area (Å²) in [5, 5.41) is 2.79. The normalized spacial score (nSPS) is 20.0. The second kappa shape index (κ2) is 9.85. The molecule has 3 rings (SSSR count). The quantitative estimate of drug-likeness (QED) is 0.496. The second-order valence-electron chi connectivity index (χ2n) is 8.68. The molecule has 0 aromatic heterocycles. The van der Waals surface area contributed by atoms with Crippen molar-refractivity contribution in [2.45, 2.75) is 57.3 Å². The predicted molar refractivity (Wildman–Crippen MR) is 114 cm³/mol. The first-order chi connectivity index (χ1) is 15.8. The lowest BCUT2D eigenvalue weighted by Crippen LogP contribution is -2.42. The Kier molecular flexibility index (Phi) is 7.50. The summed E-state index contributed by atoms with van der Waals surface area (Å²) in [5.41, 5.74) is -2.16. The molecule has 1 heterocycles. The summed E-state index contributed by atoms with van der Waals surface area (Å²) in [7, 11) is 0. The van der Waals surface area contributed by atoms with Gasteiger partial charge in [-0.15, -0.1) is 0 Å². The van der Waals surface area contributed by atoms with Crippen LogP contribution in [0.3, 0.4) is 0 Å². The van der Waals surface area contributed by atoms with Crippen LogP contribution < -0.4 is 5.32 Å². The maximum atomic E-state index is 13.3. The molecule has 3 unspecified atom stereocenters. The Labute approximate surface area is 193 Å². The van der Waals surface area contributed by atoms with E-state index in [1.807, 2.05) is 44.2 Å². The number of nitrogens with one attached hydrogen (secondary N) is 1. The highest BCUT2D eigenvalue weighted by Gasteiger charge is 2.40. The Hall–Kier alpha value is -2.75. The molecule has 2 amide bonds. The maximum absolute atomic E-state index is 13.3. The summed E-state index contributed by atoms with van der Waals surface area (Å²) in [6.45, 7) is 5.48. The number of nitrogens with zero attached hydrogens (tertiary/aromatic N) is 1. The molecular weight excluding hydrogens is 462 g/mol. The van der Waals surface area contributed by atoms with Crippen LogP contribution in [0, 0.1) is 0 Å². The first-order valence-electron chi connectivity index (χ1n) is 10.8. The van der Waals surface area contributed by atoms with E-state index in [-0.39, 0.29) is 36.2 Å². The number of hydrogen-bond acceptors (Lipinski definition) is 2. The molecule has 1 fully saturated rings. The topological polar surface area (TPSA) is 41.6 Å². The van der Waals surface area contributed by atoms with Crippen molar-refractivity contribution >= 4 is 6.03 Å². The minimum absolute atomic E-state index is 0.0938. The van der Waals surface area contributed by atoms with E-state index in [9.17, 15) is 31.1 Å². The molecule has 0 aliphatic carbocycles. The van der Waals surface area contributed by atoms with Crippen LogP contribution in [0.5, 0.6) is 0 Å². The molecule has 1 saturated heterocycles. The van der Waals surface area contributed by atoms with E-state index in [1.165, 1.54) is 6.92 Å². The molecule has 0 spiro atoms. The van der Waals surface area contributed by atoms with E-state index in [0.29, 0.717) is 18.7 Å². The van der Waals surface area contributed by atoms with Crippen LogP contribution in [0.4, 0.5) is 31.1 Å². The molecule has 2 aromatic carbocycles. The largest absolute Gasteiger partial charge is 0.416 e. The molecule has 1 N–H and O–H groups in total. The van der Waals surface area contributed by atoms with Crippen molar-refractivity contribution in [1.29, 1.82) is 0 Å². The Morgan fingerprint density at radius 2 is 1.50 bits per heavy atom. The van der Waals surface area contributed by atoms with E-state index in [1.54, 1.807) is 4.90 Å². The van der Waals surface area contributed by atoms with Crippen molar-refractivity contribution in [3.63, 3.8) is 0 Å². The average molecular weight is 488 g/mol. The van der Waals surface area contributed by atoms with Gasteiger partial charge >= 0.3 is 18.4 Å². The minimum Gasteiger partial charge on any atom is -0.368 e. The van der Waals surface area contributed by atoms with Gasteiger partial charge in [-0.25, -0.2) is 4.79 Å². The summed E-state index contributed by atoms with van der Waals surface area (Å²) in [6.07, 6.45) is -11.6. The van der Waals surface area contributed by atoms with Crippen LogP contribution in [0.15, 0.2) is 48.5 Å². The molecule has 10 heteroatoms. The van der Waals surface area contributed by atoms with Crippen molar-refractivity contribution in [1.82, 2.24) is 10.2 Å². The summed E-state index contributed by atoms with van der Waals surface area (Å²) in [4.78, 5) is 14.1. The molecule has 2 aromatic rings. The number of amides is 2. The molecular formula is C24H26F6N2O2. The third-order valence-electron chi connectivity index (χ3n) is 5.65. The van der Waals surface area contributed by atoms with Crippen LogP contribution in [0.25, 0.3) is 0 Å². The number of urea groups is 1. The fraction of sp³-hybridized carbons (Fsp3) is 0.458. The molecule has 1 aliphatic rings. The number of benzene rings is 2. The number of ether oxygens (including phenoxy) is 1. The Morgan fingerprint density at radius 3 is 2.00 bits per heavy atom. The van der Waals surface area contributed by atoms with Gasteiger partial charge in [0.15, 0.2) is 0 Å². The molecule has 0 bridgehead atoms. The highest BCUT2D eigenvalue weighted by molar-refractivity contribution is 5.75. The van der Waals surface area contributed by atoms with Gasteiger partial charge in [-0.1, -0.05) is 30.3 Å². The second-order valence-corrected chi connectivity index (χ2v) is 8.68. The van der Waals surface area contributed by atoms with Crippen molar-refractivity contribution in [2.75, 3.05) is 13.1 Å². The van der Waals surface area contributed by atoms with Gasteiger partial charge in [-0.2, -0.15) is 26.3 Å². The lowest BCUT2D eigenvalue weighted by atomic mass is 9.95. The number of carbonyl (C=O) groups is 1. The van der Waals surface area contributed by atoms with Crippen LogP contribution >= 0.6 is 0 Å². The fourth-order valence-corrected chi connectivity index (χ4v) is 3.99. The number of carbonyl (C=O) groups excluding carboxylic acids is 1. The van der Waals surface area contributed by atoms with Crippen molar-refractivity contribution in [2.24, 2.45) is 0 Å². The maximum Gasteiger partial charge on any atom is 0.416 e. The van der Waals surface area contributed by atoms with Crippen LogP contribution in [-0.2, 0) is 17.1 Å². The predicted octanol–water partition coefficient (Wildman–Crippen LogP) is 6.39. The summed E-state index contributed by atoms with van der Waals surface area (Å²) in [6, 6.07) is 10.2. The highest BCUT2D eigenvalue weighted by Crippen LogP contribution is 2.39. The molecule has 4 nitrogen and oxygen atoms in total. The third kappa shape index (κ3) is 6.22. The molecule has 186 valence electrons. The number of likely N-dealkylation sites (tertiary alicyclic amines) is 1. The smallest absolute Gasteiger partial charge is 0.368 e. The van der Waals surface area contributed by atoms with Crippen molar-refractivity contribution in [3.8, 4) is 0 Å². The van der Waals surface area contributed by atoms with Gasteiger partial charge in [0, 0.05) is 25.0 Å². The Balaban J connectivity index is 1.90. The molecule has 34 heavy (non-hydrogen) atoms. The zero-order valence-corrected chi connectivity index (χ0v) is 18.9. The van der Waals surface area contributed by atoms with Gasteiger partial charge in [0.05, 0.1) is 23.3 Å². The Bertz CT molecular complexity index is 959. The monoisotopic (exact) mass is 488 g/mol. The van der Waals surface area contributed by atoms with E-state index in [2.05, 4.69) is 5.32 Å². The van der Waals surface area contributed by atoms with Gasteiger partial charge in [0.25, 0.3) is 0 Å². The fourth-order valence-electron chi connectivity index (χ4n) is 3.99. The first-order valence-corrected chi connectivity index (χ1v) is 10.8. The summed E-state index contributed by atoms with van der Waals surface area (Å²) < 4.78 is 85.7. The zero-order valence-electron chi connectivity index (χ0n) is 18.9. The number of rotatable bonds is 5. The van der Waals surface area contributed by atoms with Gasteiger partial charge < -0.3 is 15.0 Å². The number of halogens is 6. The van der Waals surface area contributed by atoms with Crippen molar-refractivity contribution < 1.29 is 35.9 Å². The SMILES string of the molecule is CC(C)NC(=O)N1CC(OC(C)c2cc(C(F)(F)F)cc(C(F)(F)F)c2)C(c2ccccc2)C1. The standard InChI is InChI=1S/C24H26F6N2O2/c1-14(2)31-22(33)32-12-20(16-7-5-4-6-8-16)21(13-32)34-15(3)17-9-18(23(25,26)27)11-19(10-17)24(28,29)30/h4-11,14-15,20-21H,12-13H2,1-3H3,(H,31,33). The van der Waals surface area contributed by atoms with E-state index < -0.39 is 35.7 Å². The van der Waals surface area contributed by atoms with Crippen LogP contribution in [0.2, 0.25) is 0 Å². The molecule has 1 aliphatic heterocycles. The van der Waals surface area contributed by atoms with E-state index in [0.717, 1.165) is 5.56 Å². The summed E-state index contributed by atoms with van der Waals surface area (Å²) in [5.74, 6) is -0.297. The van der Waals surface area contributed by atoms with Gasteiger partial charge in [0.2, 0.25) is 0 Å². The van der Waals surface area contributed by atoms with E-state index >= 15 is 0 Å². The van der Waals surface area contributed by atoms with Crippen molar-refractivity contribution in [3.05, 3.63) is 70.8 Å². The highest BCUT2D eigenvalue weighted by atomic mass is 19.4. The molecule has 3 atom stereocenters. The Morgan fingerprint density at radius 1 is 0.941 bits per heavy atom. The molecule has 0 radical (unpaired) electrons. The lowest BCUT2D eigenvalue weighted by molar-refractivity contribution is -0.143. The van der Waals surface area contributed by atoms with Gasteiger partial charge in [-0.05, 0) is 50.1 Å². The zero-order chi connectivity index (χ0) is 25.3. The first kappa shape index (κ1) is 25.9. The van der Waals surface area contributed by atoms with E-state index in [4.69, 9.17) is 4.74 Å². The number of hydrogen-bond donors (Lipinski definition) is 1. The van der Waals surface area contributed by atoms with Crippen LogP contribution in [-0.4, -0.2) is 36.2 Å². The third-order valence-corrected chi connectivity index (χ3v) is 5.65. The summed E-state index contributed by atoms with van der Waals surface area (Å²) >= 11 is 0. The van der Waals surface area contributed by atoms with Crippen LogP contribution in [0.1, 0.15) is 55.0 Å². The average Bonchev–Trinajstić information content (AvgIpc) is 3.16. The lowest BCUT2D eigenvalue weighted by Gasteiger charge is -2.25. The number of alkyl halides is 6. The van der Waals surface area contributed by atoms with Gasteiger partial charge in [-0.3, -0.25) is 0 Å².